The maximum absolute atomic E-state index is 9.45. The highest BCUT2D eigenvalue weighted by Crippen LogP contribution is 2.19. The molecule has 0 bridgehead atoms. The molecular weight excluding hydrogens is 236 g/mol. The molecule has 0 saturated heterocycles. The fourth-order valence-electron chi connectivity index (χ4n) is 1.96. The maximum atomic E-state index is 9.45. The number of hydrogen-bond acceptors (Lipinski definition) is 2. The summed E-state index contributed by atoms with van der Waals surface area (Å²) < 4.78 is 5.78. The van der Waals surface area contributed by atoms with Crippen LogP contribution < -0.4 is 4.74 Å². The van der Waals surface area contributed by atoms with E-state index in [0.29, 0.717) is 6.61 Å². The van der Waals surface area contributed by atoms with Crippen molar-refractivity contribution in [2.75, 3.05) is 0 Å². The summed E-state index contributed by atoms with van der Waals surface area (Å²) in [4.78, 5) is 0. The van der Waals surface area contributed by atoms with E-state index in [1.165, 1.54) is 16.7 Å². The molecule has 2 aromatic rings. The van der Waals surface area contributed by atoms with E-state index < -0.39 is 6.10 Å². The van der Waals surface area contributed by atoms with E-state index in [-0.39, 0.29) is 0 Å². The van der Waals surface area contributed by atoms with E-state index in [4.69, 9.17) is 4.74 Å². The van der Waals surface area contributed by atoms with Crippen LogP contribution in [0.15, 0.2) is 42.5 Å². The zero-order chi connectivity index (χ0) is 13.8. The summed E-state index contributed by atoms with van der Waals surface area (Å²) in [6.45, 7) is 6.50. The summed E-state index contributed by atoms with van der Waals surface area (Å²) in [7, 11) is 0. The number of ether oxygens (including phenoxy) is 1. The summed E-state index contributed by atoms with van der Waals surface area (Å²) in [5, 5.41) is 9.45. The van der Waals surface area contributed by atoms with Crippen molar-refractivity contribution in [3.05, 3.63) is 64.7 Å². The Bertz CT molecular complexity index is 542. The first-order valence-electron chi connectivity index (χ1n) is 6.53. The van der Waals surface area contributed by atoms with Crippen molar-refractivity contribution >= 4 is 0 Å². The first-order chi connectivity index (χ1) is 9.06. The number of rotatable bonds is 4. The van der Waals surface area contributed by atoms with E-state index in [0.717, 1.165) is 11.3 Å². The second-order valence-corrected chi connectivity index (χ2v) is 4.96. The van der Waals surface area contributed by atoms with Gasteiger partial charge in [0.1, 0.15) is 12.4 Å². The van der Waals surface area contributed by atoms with Gasteiger partial charge in [0, 0.05) is 0 Å². The largest absolute Gasteiger partial charge is 0.489 e. The predicted octanol–water partition coefficient (Wildman–Crippen LogP) is 3.94. The molecule has 0 fully saturated rings. The summed E-state index contributed by atoms with van der Waals surface area (Å²) in [6.07, 6.45) is -0.437. The summed E-state index contributed by atoms with van der Waals surface area (Å²) in [6, 6.07) is 14.0. The number of aliphatic hydroxyl groups is 1. The van der Waals surface area contributed by atoms with Crippen LogP contribution in [-0.4, -0.2) is 5.11 Å². The van der Waals surface area contributed by atoms with Crippen LogP contribution in [0.5, 0.6) is 5.75 Å². The first-order valence-corrected chi connectivity index (χ1v) is 6.53. The summed E-state index contributed by atoms with van der Waals surface area (Å²) in [5.74, 6) is 0.824. The van der Waals surface area contributed by atoms with E-state index >= 15 is 0 Å². The second kappa shape index (κ2) is 5.89. The number of benzene rings is 2. The molecule has 100 valence electrons. The molecule has 0 aliphatic carbocycles. The Morgan fingerprint density at radius 2 is 1.74 bits per heavy atom. The van der Waals surface area contributed by atoms with Gasteiger partial charge in [-0.15, -0.1) is 0 Å². The Morgan fingerprint density at radius 3 is 2.37 bits per heavy atom. The average Bonchev–Trinajstić information content (AvgIpc) is 2.40. The Morgan fingerprint density at radius 1 is 1.05 bits per heavy atom. The van der Waals surface area contributed by atoms with Crippen molar-refractivity contribution in [1.82, 2.24) is 0 Å². The molecule has 1 atom stereocenters. The van der Waals surface area contributed by atoms with Crippen LogP contribution in [0.4, 0.5) is 0 Å². The van der Waals surface area contributed by atoms with Gasteiger partial charge in [0.05, 0.1) is 6.10 Å². The molecule has 0 amide bonds. The van der Waals surface area contributed by atoms with E-state index in [1.807, 2.05) is 24.3 Å². The molecule has 2 heteroatoms. The summed E-state index contributed by atoms with van der Waals surface area (Å²) >= 11 is 0. The van der Waals surface area contributed by atoms with Gasteiger partial charge in [-0.1, -0.05) is 35.9 Å². The van der Waals surface area contributed by atoms with Gasteiger partial charge in [-0.2, -0.15) is 0 Å². The normalized spacial score (nSPS) is 12.2. The molecule has 0 spiro atoms. The third-order valence-corrected chi connectivity index (χ3v) is 3.26. The third-order valence-electron chi connectivity index (χ3n) is 3.26. The van der Waals surface area contributed by atoms with Gasteiger partial charge in [0.15, 0.2) is 0 Å². The van der Waals surface area contributed by atoms with E-state index in [9.17, 15) is 5.11 Å². The lowest BCUT2D eigenvalue weighted by Gasteiger charge is -2.11. The van der Waals surface area contributed by atoms with Crippen LogP contribution >= 0.6 is 0 Å². The minimum absolute atomic E-state index is 0.437. The second-order valence-electron chi connectivity index (χ2n) is 4.96. The molecule has 0 saturated carbocycles. The zero-order valence-electron chi connectivity index (χ0n) is 11.7. The topological polar surface area (TPSA) is 29.5 Å². The molecule has 2 aromatic carbocycles. The van der Waals surface area contributed by atoms with Crippen LogP contribution in [0, 0.1) is 13.8 Å². The predicted molar refractivity (Wildman–Crippen MR) is 77.3 cm³/mol. The van der Waals surface area contributed by atoms with Gasteiger partial charge in [0.25, 0.3) is 0 Å². The lowest BCUT2D eigenvalue weighted by atomic mass is 10.1. The lowest BCUT2D eigenvalue weighted by Crippen LogP contribution is -1.99. The minimum Gasteiger partial charge on any atom is -0.489 e. The first kappa shape index (κ1) is 13.6. The van der Waals surface area contributed by atoms with Gasteiger partial charge in [-0.05, 0) is 49.6 Å². The number of aliphatic hydroxyl groups excluding tert-OH is 1. The smallest absolute Gasteiger partial charge is 0.119 e. The van der Waals surface area contributed by atoms with Crippen LogP contribution in [0.1, 0.15) is 35.3 Å². The van der Waals surface area contributed by atoms with Crippen LogP contribution in [0.2, 0.25) is 0 Å². The highest BCUT2D eigenvalue weighted by atomic mass is 16.5. The van der Waals surface area contributed by atoms with Gasteiger partial charge < -0.3 is 9.84 Å². The molecule has 2 rings (SSSR count). The standard InChI is InChI=1S/C17H20O2/c1-12-4-5-13(2)16(10-12)11-19-17-8-6-15(7-9-17)14(3)18/h4-10,14,18H,11H2,1-3H3/t14-/m0/s1. The van der Waals surface area contributed by atoms with Crippen molar-refractivity contribution in [2.24, 2.45) is 0 Å². The summed E-state index contributed by atoms with van der Waals surface area (Å²) in [5.41, 5.74) is 4.60. The number of aryl methyl sites for hydroxylation is 2. The molecule has 19 heavy (non-hydrogen) atoms. The van der Waals surface area contributed by atoms with Crippen molar-refractivity contribution in [2.45, 2.75) is 33.5 Å². The SMILES string of the molecule is Cc1ccc(C)c(COc2ccc([C@H](C)O)cc2)c1. The Balaban J connectivity index is 2.04. The quantitative estimate of drug-likeness (QED) is 0.898. The van der Waals surface area contributed by atoms with Crippen LogP contribution in [0.3, 0.4) is 0 Å². The number of hydrogen-bond donors (Lipinski definition) is 1. The maximum Gasteiger partial charge on any atom is 0.119 e. The molecule has 0 aliphatic heterocycles. The van der Waals surface area contributed by atoms with Crippen LogP contribution in [-0.2, 0) is 6.61 Å². The molecule has 0 aliphatic rings. The third kappa shape index (κ3) is 3.58. The molecule has 0 unspecified atom stereocenters. The molecule has 1 N–H and O–H groups in total. The Labute approximate surface area is 114 Å². The van der Waals surface area contributed by atoms with Crippen LogP contribution in [0.25, 0.3) is 0 Å². The highest BCUT2D eigenvalue weighted by molar-refractivity contribution is 5.32. The molecule has 0 heterocycles. The fraction of sp³-hybridized carbons (Fsp3) is 0.294. The fourth-order valence-corrected chi connectivity index (χ4v) is 1.96. The van der Waals surface area contributed by atoms with Gasteiger partial charge in [-0.3, -0.25) is 0 Å². The van der Waals surface area contributed by atoms with E-state index in [2.05, 4.69) is 32.0 Å². The molecule has 0 radical (unpaired) electrons. The van der Waals surface area contributed by atoms with E-state index in [1.54, 1.807) is 6.92 Å². The van der Waals surface area contributed by atoms with Gasteiger partial charge in [0.2, 0.25) is 0 Å². The Kier molecular flexibility index (Phi) is 4.23. The molecule has 0 aromatic heterocycles. The minimum atomic E-state index is -0.437. The Hall–Kier alpha value is -1.80. The molecular formula is C17H20O2. The monoisotopic (exact) mass is 256 g/mol. The van der Waals surface area contributed by atoms with Crippen molar-refractivity contribution in [1.29, 1.82) is 0 Å². The lowest BCUT2D eigenvalue weighted by molar-refractivity contribution is 0.199. The van der Waals surface area contributed by atoms with Gasteiger partial charge in [-0.25, -0.2) is 0 Å². The highest BCUT2D eigenvalue weighted by Gasteiger charge is 2.03. The van der Waals surface area contributed by atoms with Gasteiger partial charge >= 0.3 is 0 Å². The van der Waals surface area contributed by atoms with Crippen molar-refractivity contribution in [3.63, 3.8) is 0 Å². The molecule has 2 nitrogen and oxygen atoms in total. The average molecular weight is 256 g/mol. The van der Waals surface area contributed by atoms with Crippen molar-refractivity contribution < 1.29 is 9.84 Å². The van der Waals surface area contributed by atoms with Crippen molar-refractivity contribution in [3.8, 4) is 5.75 Å². The zero-order valence-corrected chi connectivity index (χ0v) is 11.7.